The molecule has 1 aliphatic heterocycles. The highest BCUT2D eigenvalue weighted by atomic mass is 19.1. The Balaban J connectivity index is 1.81. The number of aliphatic hydroxyl groups is 1. The van der Waals surface area contributed by atoms with Crippen molar-refractivity contribution in [3.63, 3.8) is 0 Å². The lowest BCUT2D eigenvalue weighted by atomic mass is 10.1. The molecular weight excluding hydrogens is 245 g/mol. The molecule has 2 unspecified atom stereocenters. The van der Waals surface area contributed by atoms with Gasteiger partial charge in [-0.1, -0.05) is 19.1 Å². The van der Waals surface area contributed by atoms with E-state index in [-0.39, 0.29) is 5.82 Å². The third-order valence-corrected chi connectivity index (χ3v) is 3.63. The van der Waals surface area contributed by atoms with Crippen LogP contribution in [0.2, 0.25) is 0 Å². The summed E-state index contributed by atoms with van der Waals surface area (Å²) >= 11 is 0. The van der Waals surface area contributed by atoms with Gasteiger partial charge in [0.2, 0.25) is 0 Å². The molecule has 1 aliphatic rings. The van der Waals surface area contributed by atoms with Gasteiger partial charge in [0.05, 0.1) is 18.8 Å². The van der Waals surface area contributed by atoms with Crippen LogP contribution in [0.5, 0.6) is 0 Å². The molecule has 0 amide bonds. The molecule has 4 heteroatoms. The lowest BCUT2D eigenvalue weighted by Crippen LogP contribution is -2.42. The van der Waals surface area contributed by atoms with Crippen LogP contribution < -0.4 is 0 Å². The first kappa shape index (κ1) is 14.4. The molecule has 19 heavy (non-hydrogen) atoms. The van der Waals surface area contributed by atoms with Crippen molar-refractivity contribution in [1.82, 2.24) is 4.90 Å². The molecule has 0 saturated carbocycles. The second kappa shape index (κ2) is 6.98. The van der Waals surface area contributed by atoms with Crippen molar-refractivity contribution in [3.8, 4) is 0 Å². The third kappa shape index (κ3) is 4.27. The van der Waals surface area contributed by atoms with E-state index in [1.54, 1.807) is 12.1 Å². The third-order valence-electron chi connectivity index (χ3n) is 3.63. The molecule has 2 rings (SSSR count). The van der Waals surface area contributed by atoms with E-state index in [2.05, 4.69) is 11.8 Å². The van der Waals surface area contributed by atoms with Crippen LogP contribution in [-0.2, 0) is 4.74 Å². The molecule has 1 aromatic carbocycles. The monoisotopic (exact) mass is 267 g/mol. The summed E-state index contributed by atoms with van der Waals surface area (Å²) in [4.78, 5) is 2.31. The molecule has 2 atom stereocenters. The number of rotatable bonds is 5. The van der Waals surface area contributed by atoms with Gasteiger partial charge in [0.25, 0.3) is 0 Å². The van der Waals surface area contributed by atoms with Crippen LogP contribution in [0.25, 0.3) is 0 Å². The summed E-state index contributed by atoms with van der Waals surface area (Å²) < 4.78 is 18.7. The average molecular weight is 267 g/mol. The lowest BCUT2D eigenvalue weighted by Gasteiger charge is -2.32. The number of morpholine rings is 1. The van der Waals surface area contributed by atoms with Crippen molar-refractivity contribution >= 4 is 0 Å². The van der Waals surface area contributed by atoms with Crippen molar-refractivity contribution in [2.24, 2.45) is 0 Å². The molecule has 0 aromatic heterocycles. The molecule has 0 radical (unpaired) electrons. The Bertz CT molecular complexity index is 399. The molecule has 106 valence electrons. The minimum absolute atomic E-state index is 0.297. The summed E-state index contributed by atoms with van der Waals surface area (Å²) in [6, 6.07) is 6.19. The summed E-state index contributed by atoms with van der Waals surface area (Å²) in [7, 11) is 0. The largest absolute Gasteiger partial charge is 0.388 e. The molecule has 1 fully saturated rings. The highest BCUT2D eigenvalue weighted by Crippen LogP contribution is 2.18. The minimum atomic E-state index is -0.598. The van der Waals surface area contributed by atoms with Crippen molar-refractivity contribution in [2.45, 2.75) is 32.0 Å². The van der Waals surface area contributed by atoms with Crippen molar-refractivity contribution in [2.75, 3.05) is 26.2 Å². The zero-order chi connectivity index (χ0) is 13.7. The number of hydrogen-bond acceptors (Lipinski definition) is 3. The Labute approximate surface area is 114 Å². The molecule has 0 aliphatic carbocycles. The van der Waals surface area contributed by atoms with Crippen LogP contribution >= 0.6 is 0 Å². The molecule has 1 heterocycles. The van der Waals surface area contributed by atoms with Crippen molar-refractivity contribution < 1.29 is 14.2 Å². The van der Waals surface area contributed by atoms with Gasteiger partial charge in [-0.05, 0) is 30.5 Å². The zero-order valence-electron chi connectivity index (χ0n) is 11.4. The van der Waals surface area contributed by atoms with Crippen LogP contribution in [0, 0.1) is 5.82 Å². The van der Waals surface area contributed by atoms with E-state index in [1.165, 1.54) is 12.1 Å². The number of benzene rings is 1. The Morgan fingerprint density at radius 1 is 1.53 bits per heavy atom. The maximum Gasteiger partial charge on any atom is 0.123 e. The van der Waals surface area contributed by atoms with E-state index in [9.17, 15) is 9.50 Å². The average Bonchev–Trinajstić information content (AvgIpc) is 2.45. The quantitative estimate of drug-likeness (QED) is 0.889. The number of halogens is 1. The van der Waals surface area contributed by atoms with Crippen molar-refractivity contribution in [1.29, 1.82) is 0 Å². The van der Waals surface area contributed by atoms with E-state index in [4.69, 9.17) is 4.74 Å². The lowest BCUT2D eigenvalue weighted by molar-refractivity contribution is -0.0330. The first-order valence-corrected chi connectivity index (χ1v) is 6.96. The summed E-state index contributed by atoms with van der Waals surface area (Å²) in [5, 5.41) is 10.1. The summed E-state index contributed by atoms with van der Waals surface area (Å²) in [5.74, 6) is -0.297. The molecule has 1 aromatic rings. The zero-order valence-corrected chi connectivity index (χ0v) is 11.4. The predicted octanol–water partition coefficient (Wildman–Crippen LogP) is 2.36. The molecule has 1 N–H and O–H groups in total. The van der Waals surface area contributed by atoms with E-state index in [0.717, 1.165) is 32.7 Å². The van der Waals surface area contributed by atoms with Gasteiger partial charge >= 0.3 is 0 Å². The van der Waals surface area contributed by atoms with Gasteiger partial charge in [-0.25, -0.2) is 4.39 Å². The second-order valence-corrected chi connectivity index (χ2v) is 5.06. The van der Waals surface area contributed by atoms with E-state index >= 15 is 0 Å². The molecule has 3 nitrogen and oxygen atoms in total. The maximum absolute atomic E-state index is 13.1. The van der Waals surface area contributed by atoms with Gasteiger partial charge in [0, 0.05) is 19.6 Å². The summed E-state index contributed by atoms with van der Waals surface area (Å²) in [5.41, 5.74) is 0.653. The molecule has 0 spiro atoms. The van der Waals surface area contributed by atoms with Gasteiger partial charge in [0.15, 0.2) is 0 Å². The Morgan fingerprint density at radius 2 is 2.37 bits per heavy atom. The Kier molecular flexibility index (Phi) is 5.31. The van der Waals surface area contributed by atoms with Crippen LogP contribution in [0.4, 0.5) is 4.39 Å². The maximum atomic E-state index is 13.1. The predicted molar refractivity (Wildman–Crippen MR) is 72.4 cm³/mol. The van der Waals surface area contributed by atoms with Gasteiger partial charge in [-0.15, -0.1) is 0 Å². The summed E-state index contributed by atoms with van der Waals surface area (Å²) in [6.45, 7) is 5.53. The van der Waals surface area contributed by atoms with Crippen LogP contribution in [0.15, 0.2) is 24.3 Å². The van der Waals surface area contributed by atoms with E-state index < -0.39 is 6.10 Å². The minimum Gasteiger partial charge on any atom is -0.388 e. The molecule has 1 saturated heterocycles. The fourth-order valence-corrected chi connectivity index (χ4v) is 2.42. The smallest absolute Gasteiger partial charge is 0.123 e. The van der Waals surface area contributed by atoms with E-state index in [1.807, 2.05) is 0 Å². The van der Waals surface area contributed by atoms with E-state index in [0.29, 0.717) is 18.1 Å². The first-order valence-electron chi connectivity index (χ1n) is 6.96. The Hall–Kier alpha value is -0.970. The number of ether oxygens (including phenoxy) is 1. The van der Waals surface area contributed by atoms with Gasteiger partial charge in [0.1, 0.15) is 5.82 Å². The van der Waals surface area contributed by atoms with Gasteiger partial charge in [-0.2, -0.15) is 0 Å². The van der Waals surface area contributed by atoms with Crippen LogP contribution in [0.3, 0.4) is 0 Å². The number of hydrogen-bond donors (Lipinski definition) is 1. The van der Waals surface area contributed by atoms with Crippen LogP contribution in [-0.4, -0.2) is 42.4 Å². The van der Waals surface area contributed by atoms with Crippen molar-refractivity contribution in [3.05, 3.63) is 35.6 Å². The topological polar surface area (TPSA) is 32.7 Å². The fourth-order valence-electron chi connectivity index (χ4n) is 2.42. The van der Waals surface area contributed by atoms with Crippen LogP contribution in [0.1, 0.15) is 31.4 Å². The second-order valence-electron chi connectivity index (χ2n) is 5.06. The highest BCUT2D eigenvalue weighted by molar-refractivity contribution is 5.18. The number of aliphatic hydroxyl groups excluding tert-OH is 1. The molecular formula is C15H22FNO2. The highest BCUT2D eigenvalue weighted by Gasteiger charge is 2.19. The van der Waals surface area contributed by atoms with Gasteiger partial charge in [-0.3, -0.25) is 4.90 Å². The SMILES string of the molecule is CCC1CN(CCC(O)c2cccc(F)c2)CCO1. The Morgan fingerprint density at radius 3 is 3.11 bits per heavy atom. The summed E-state index contributed by atoms with van der Waals surface area (Å²) in [6.07, 6.45) is 1.35. The number of nitrogens with zero attached hydrogens (tertiary/aromatic N) is 1. The standard InChI is InChI=1S/C15H22FNO2/c1-2-14-11-17(8-9-19-14)7-6-15(18)12-4-3-5-13(16)10-12/h3-5,10,14-15,18H,2,6-9,11H2,1H3. The normalized spacial score (nSPS) is 22.4. The molecule has 0 bridgehead atoms. The fraction of sp³-hybridized carbons (Fsp3) is 0.600. The van der Waals surface area contributed by atoms with Gasteiger partial charge < -0.3 is 9.84 Å². The first-order chi connectivity index (χ1) is 9.19.